The van der Waals surface area contributed by atoms with Crippen molar-refractivity contribution >= 4 is 28.4 Å². The fourth-order valence-corrected chi connectivity index (χ4v) is 4.07. The van der Waals surface area contributed by atoms with Crippen LogP contribution in [0.1, 0.15) is 22.8 Å². The molecule has 5 aromatic rings. The van der Waals surface area contributed by atoms with E-state index in [0.29, 0.717) is 22.4 Å². The van der Waals surface area contributed by atoms with Gasteiger partial charge in [-0.2, -0.15) is 5.10 Å². The van der Waals surface area contributed by atoms with E-state index < -0.39 is 23.1 Å². The third kappa shape index (κ3) is 5.38. The van der Waals surface area contributed by atoms with Gasteiger partial charge >= 0.3 is 0 Å². The van der Waals surface area contributed by atoms with Crippen LogP contribution in [0.15, 0.2) is 71.8 Å². The van der Waals surface area contributed by atoms with Gasteiger partial charge in [0.15, 0.2) is 23.0 Å². The van der Waals surface area contributed by atoms with Crippen molar-refractivity contribution in [2.75, 3.05) is 17.2 Å². The SMILES string of the molecule is Cc1cc(C(=O)Nc2ccc(Oc3ccnc4[nH]nc(N[C@H](C)CO)c34)c(F)c2)c(=O)n(-c2cccc(F)c2)c1. The van der Waals surface area contributed by atoms with Crippen molar-refractivity contribution in [2.45, 2.75) is 19.9 Å². The molecule has 0 radical (unpaired) electrons. The van der Waals surface area contributed by atoms with Gasteiger partial charge in [0, 0.05) is 36.3 Å². The number of aryl methyl sites for hydroxylation is 1. The summed E-state index contributed by atoms with van der Waals surface area (Å²) in [4.78, 5) is 30.2. The average molecular weight is 547 g/mol. The molecule has 0 saturated heterocycles. The molecule has 3 heterocycles. The van der Waals surface area contributed by atoms with Crippen molar-refractivity contribution in [2.24, 2.45) is 0 Å². The number of pyridine rings is 2. The summed E-state index contributed by atoms with van der Waals surface area (Å²) in [5.41, 5.74) is 0.500. The second kappa shape index (κ2) is 10.9. The molecule has 204 valence electrons. The first-order valence-electron chi connectivity index (χ1n) is 12.2. The fraction of sp³-hybridized carbons (Fsp3) is 0.143. The number of hydrogen-bond donors (Lipinski definition) is 4. The Hall–Kier alpha value is -5.10. The lowest BCUT2D eigenvalue weighted by Gasteiger charge is -2.13. The maximum Gasteiger partial charge on any atom is 0.267 e. The Morgan fingerprint density at radius 1 is 1.15 bits per heavy atom. The number of fused-ring (bicyclic) bond motifs is 1. The van der Waals surface area contributed by atoms with Crippen LogP contribution in [-0.4, -0.2) is 43.4 Å². The molecule has 2 aromatic carbocycles. The third-order valence-electron chi connectivity index (χ3n) is 5.97. The minimum absolute atomic E-state index is 0.0929. The van der Waals surface area contributed by atoms with E-state index >= 15 is 4.39 Å². The number of aliphatic hydroxyl groups excluding tert-OH is 1. The zero-order valence-corrected chi connectivity index (χ0v) is 21.4. The Labute approximate surface area is 226 Å². The molecule has 1 atom stereocenters. The van der Waals surface area contributed by atoms with Gasteiger partial charge in [0.25, 0.3) is 11.5 Å². The zero-order valence-electron chi connectivity index (χ0n) is 21.4. The van der Waals surface area contributed by atoms with Gasteiger partial charge in [-0.3, -0.25) is 19.3 Å². The number of anilines is 2. The van der Waals surface area contributed by atoms with Crippen LogP contribution in [-0.2, 0) is 0 Å². The Morgan fingerprint density at radius 3 is 2.73 bits per heavy atom. The van der Waals surface area contributed by atoms with Gasteiger partial charge in [0.05, 0.1) is 12.3 Å². The topological polar surface area (TPSA) is 134 Å². The van der Waals surface area contributed by atoms with Crippen LogP contribution < -0.4 is 20.9 Å². The largest absolute Gasteiger partial charge is 0.453 e. The summed E-state index contributed by atoms with van der Waals surface area (Å²) < 4.78 is 35.8. The quantitative estimate of drug-likeness (QED) is 0.225. The van der Waals surface area contributed by atoms with E-state index in [1.807, 2.05) is 0 Å². The zero-order chi connectivity index (χ0) is 28.4. The highest BCUT2D eigenvalue weighted by Crippen LogP contribution is 2.34. The molecule has 0 fully saturated rings. The number of aromatic nitrogens is 4. The number of H-pyrrole nitrogens is 1. The molecular weight excluding hydrogens is 522 g/mol. The molecular formula is C28H24F2N6O4. The molecule has 40 heavy (non-hydrogen) atoms. The monoisotopic (exact) mass is 546 g/mol. The molecule has 0 aliphatic heterocycles. The number of ether oxygens (including phenoxy) is 1. The Kier molecular flexibility index (Phi) is 7.25. The molecule has 5 rings (SSSR count). The lowest BCUT2D eigenvalue weighted by atomic mass is 10.1. The normalized spacial score (nSPS) is 11.8. The standard InChI is InChI=1S/C28H24F2N6O4/c1-15-10-20(28(39)36(13-15)19-5-3-4-17(29)11-19)27(38)33-18-6-7-22(21(30)12-18)40-23-8-9-31-25-24(23)26(35-34-25)32-16(2)14-37/h3-13,16,37H,14H2,1-2H3,(H,33,38)(H2,31,32,34,35)/t16-/m1/s1. The number of rotatable bonds is 8. The number of carbonyl (C=O) groups is 1. The highest BCUT2D eigenvalue weighted by atomic mass is 19.1. The highest BCUT2D eigenvalue weighted by Gasteiger charge is 2.18. The molecule has 10 nitrogen and oxygen atoms in total. The van der Waals surface area contributed by atoms with Gasteiger partial charge in [0.1, 0.15) is 22.5 Å². The van der Waals surface area contributed by atoms with E-state index in [4.69, 9.17) is 4.74 Å². The summed E-state index contributed by atoms with van der Waals surface area (Å²) >= 11 is 0. The number of nitrogens with zero attached hydrogens (tertiary/aromatic N) is 3. The number of amides is 1. The van der Waals surface area contributed by atoms with E-state index in [1.54, 1.807) is 26.0 Å². The van der Waals surface area contributed by atoms with E-state index in [2.05, 4.69) is 25.8 Å². The fourth-order valence-electron chi connectivity index (χ4n) is 4.07. The molecule has 1 amide bonds. The smallest absolute Gasteiger partial charge is 0.267 e. The average Bonchev–Trinajstić information content (AvgIpc) is 3.34. The molecule has 3 aromatic heterocycles. The van der Waals surface area contributed by atoms with E-state index in [0.717, 1.165) is 6.07 Å². The van der Waals surface area contributed by atoms with E-state index in [9.17, 15) is 19.1 Å². The third-order valence-corrected chi connectivity index (χ3v) is 5.97. The number of hydrogen-bond acceptors (Lipinski definition) is 7. The van der Waals surface area contributed by atoms with Crippen molar-refractivity contribution < 1.29 is 23.4 Å². The van der Waals surface area contributed by atoms with Gasteiger partial charge in [-0.15, -0.1) is 0 Å². The first kappa shape index (κ1) is 26.5. The van der Waals surface area contributed by atoms with Gasteiger partial charge < -0.3 is 20.5 Å². The summed E-state index contributed by atoms with van der Waals surface area (Å²) in [6.07, 6.45) is 2.97. The van der Waals surface area contributed by atoms with E-state index in [1.165, 1.54) is 53.4 Å². The van der Waals surface area contributed by atoms with Crippen molar-refractivity contribution in [3.63, 3.8) is 0 Å². The Morgan fingerprint density at radius 2 is 1.98 bits per heavy atom. The number of halogens is 2. The van der Waals surface area contributed by atoms with Crippen LogP contribution in [0, 0.1) is 18.6 Å². The Balaban J connectivity index is 1.39. The number of benzene rings is 2. The first-order valence-corrected chi connectivity index (χ1v) is 12.2. The Bertz CT molecular complexity index is 1790. The van der Waals surface area contributed by atoms with Crippen LogP contribution in [0.25, 0.3) is 16.7 Å². The van der Waals surface area contributed by atoms with Crippen LogP contribution in [0.4, 0.5) is 20.3 Å². The summed E-state index contributed by atoms with van der Waals surface area (Å²) in [6.45, 7) is 3.32. The van der Waals surface area contributed by atoms with Gasteiger partial charge in [-0.25, -0.2) is 13.8 Å². The minimum Gasteiger partial charge on any atom is -0.453 e. The van der Waals surface area contributed by atoms with Crippen LogP contribution >= 0.6 is 0 Å². The second-order valence-corrected chi connectivity index (χ2v) is 9.12. The first-order chi connectivity index (χ1) is 19.2. The molecule has 0 bridgehead atoms. The van der Waals surface area contributed by atoms with Crippen LogP contribution in [0.5, 0.6) is 11.5 Å². The molecule has 0 aliphatic rings. The van der Waals surface area contributed by atoms with Crippen LogP contribution in [0.3, 0.4) is 0 Å². The molecule has 0 aliphatic carbocycles. The molecule has 12 heteroatoms. The van der Waals surface area contributed by atoms with Crippen molar-refractivity contribution in [3.05, 3.63) is 100 Å². The lowest BCUT2D eigenvalue weighted by Crippen LogP contribution is -2.28. The van der Waals surface area contributed by atoms with Gasteiger partial charge in [-0.1, -0.05) is 6.07 Å². The van der Waals surface area contributed by atoms with Gasteiger partial charge in [-0.05, 0) is 55.8 Å². The summed E-state index contributed by atoms with van der Waals surface area (Å²) in [5, 5.41) is 22.3. The summed E-state index contributed by atoms with van der Waals surface area (Å²) in [5.74, 6) is -1.54. The van der Waals surface area contributed by atoms with Crippen LogP contribution in [0.2, 0.25) is 0 Å². The highest BCUT2D eigenvalue weighted by molar-refractivity contribution is 6.04. The molecule has 0 spiro atoms. The second-order valence-electron chi connectivity index (χ2n) is 9.12. The maximum atomic E-state index is 15.1. The predicted octanol–water partition coefficient (Wildman–Crippen LogP) is 4.53. The molecule has 0 unspecified atom stereocenters. The lowest BCUT2D eigenvalue weighted by molar-refractivity contribution is 0.102. The number of aromatic amines is 1. The predicted molar refractivity (Wildman–Crippen MR) is 145 cm³/mol. The molecule has 4 N–H and O–H groups in total. The van der Waals surface area contributed by atoms with Crippen molar-refractivity contribution in [1.29, 1.82) is 0 Å². The van der Waals surface area contributed by atoms with Gasteiger partial charge in [0.2, 0.25) is 0 Å². The minimum atomic E-state index is -0.772. The summed E-state index contributed by atoms with van der Waals surface area (Å²) in [7, 11) is 0. The van der Waals surface area contributed by atoms with Crippen molar-refractivity contribution in [1.82, 2.24) is 19.7 Å². The maximum absolute atomic E-state index is 15.1. The van der Waals surface area contributed by atoms with Crippen molar-refractivity contribution in [3.8, 4) is 17.2 Å². The number of carbonyl (C=O) groups excluding carboxylic acids is 1. The molecule has 0 saturated carbocycles. The number of nitrogens with one attached hydrogen (secondary N) is 3. The number of aliphatic hydroxyl groups is 1. The van der Waals surface area contributed by atoms with E-state index in [-0.39, 0.29) is 41.1 Å². The summed E-state index contributed by atoms with van der Waals surface area (Å²) in [6, 6.07) is 11.9.